The topological polar surface area (TPSA) is 0 Å². The van der Waals surface area contributed by atoms with Crippen molar-refractivity contribution in [3.8, 4) is 0 Å². The zero-order valence-electron chi connectivity index (χ0n) is 16.8. The average Bonchev–Trinajstić information content (AvgIpc) is 2.70. The van der Waals surface area contributed by atoms with Crippen LogP contribution in [0.5, 0.6) is 0 Å². The second-order valence-corrected chi connectivity index (χ2v) is 7.71. The van der Waals surface area contributed by atoms with Gasteiger partial charge in [-0.05, 0) is 41.4 Å². The van der Waals surface area contributed by atoms with Crippen LogP contribution in [0.2, 0.25) is 0 Å². The van der Waals surface area contributed by atoms with Crippen LogP contribution in [0.25, 0.3) is 5.57 Å². The lowest BCUT2D eigenvalue weighted by atomic mass is 9.68. The fraction of sp³-hybridized carbons (Fsp3) is 0.462. The second-order valence-electron chi connectivity index (χ2n) is 7.71. The van der Waals surface area contributed by atoms with Crippen LogP contribution in [0.15, 0.2) is 67.2 Å². The van der Waals surface area contributed by atoms with Crippen LogP contribution in [0.3, 0.4) is 0 Å². The largest absolute Gasteiger partial charge is 0.0952 e. The van der Waals surface area contributed by atoms with Crippen molar-refractivity contribution in [1.29, 1.82) is 0 Å². The molecule has 0 bridgehead atoms. The van der Waals surface area contributed by atoms with Gasteiger partial charge in [0, 0.05) is 0 Å². The first kappa shape index (κ1) is 20.5. The van der Waals surface area contributed by atoms with Crippen LogP contribution in [0.1, 0.15) is 82.8 Å². The molecule has 0 spiro atoms. The van der Waals surface area contributed by atoms with E-state index < -0.39 is 0 Å². The second kappa shape index (κ2) is 11.0. The summed E-state index contributed by atoms with van der Waals surface area (Å²) in [6, 6.07) is 22.0. The first-order chi connectivity index (χ1) is 12.7. The Morgan fingerprint density at radius 3 is 1.92 bits per heavy atom. The van der Waals surface area contributed by atoms with Gasteiger partial charge in [-0.15, -0.1) is 0 Å². The van der Waals surface area contributed by atoms with Crippen molar-refractivity contribution in [3.63, 3.8) is 0 Å². The molecule has 0 aliphatic heterocycles. The lowest BCUT2D eigenvalue weighted by molar-refractivity contribution is 0.344. The molecule has 0 N–H and O–H groups in total. The first-order valence-corrected chi connectivity index (χ1v) is 10.5. The molecule has 26 heavy (non-hydrogen) atoms. The van der Waals surface area contributed by atoms with Gasteiger partial charge in [0.1, 0.15) is 0 Å². The van der Waals surface area contributed by atoms with Crippen molar-refractivity contribution in [2.75, 3.05) is 0 Å². The lowest BCUT2D eigenvalue weighted by Crippen LogP contribution is -2.27. The Kier molecular flexibility index (Phi) is 8.68. The fourth-order valence-corrected chi connectivity index (χ4v) is 4.07. The molecule has 1 atom stereocenters. The first-order valence-electron chi connectivity index (χ1n) is 10.5. The van der Waals surface area contributed by atoms with E-state index in [2.05, 4.69) is 81.1 Å². The minimum atomic E-state index is 0.220. The molecule has 2 rings (SSSR count). The summed E-state index contributed by atoms with van der Waals surface area (Å²) in [5, 5.41) is 0. The van der Waals surface area contributed by atoms with Gasteiger partial charge in [-0.1, -0.05) is 120 Å². The van der Waals surface area contributed by atoms with Gasteiger partial charge in [0.2, 0.25) is 0 Å². The number of benzene rings is 2. The molecule has 2 aromatic carbocycles. The van der Waals surface area contributed by atoms with Crippen LogP contribution in [-0.4, -0.2) is 0 Å². The smallest absolute Gasteiger partial charge is 0.000665 e. The Bertz CT molecular complexity index is 626. The molecule has 0 aromatic heterocycles. The Balaban J connectivity index is 2.28. The van der Waals surface area contributed by atoms with Gasteiger partial charge in [0.15, 0.2) is 0 Å². The summed E-state index contributed by atoms with van der Waals surface area (Å²) in [6.45, 7) is 9.08. The highest BCUT2D eigenvalue weighted by atomic mass is 14.4. The van der Waals surface area contributed by atoms with Crippen molar-refractivity contribution in [3.05, 3.63) is 78.4 Å². The zero-order chi connectivity index (χ0) is 18.7. The standard InChI is InChI=1S/C26H36/c1-4-6-8-15-21-26(20-7-5-2,25-18-13-10-14-19-25)22-23(3)24-16-11-9-12-17-24/h9-14,16-19H,3-8,15,20-22H2,1-2H3. The van der Waals surface area contributed by atoms with Gasteiger partial charge in [-0.3, -0.25) is 0 Å². The zero-order valence-corrected chi connectivity index (χ0v) is 16.8. The van der Waals surface area contributed by atoms with Gasteiger partial charge in [-0.25, -0.2) is 0 Å². The molecule has 1 unspecified atom stereocenters. The highest BCUT2D eigenvalue weighted by molar-refractivity contribution is 5.64. The molecule has 0 heterocycles. The third-order valence-electron chi connectivity index (χ3n) is 5.64. The van der Waals surface area contributed by atoms with Crippen LogP contribution in [-0.2, 0) is 5.41 Å². The summed E-state index contributed by atoms with van der Waals surface area (Å²) in [5.74, 6) is 0. The number of rotatable bonds is 12. The minimum Gasteiger partial charge on any atom is -0.0952 e. The Hall–Kier alpha value is -1.82. The predicted molar refractivity (Wildman–Crippen MR) is 116 cm³/mol. The number of hydrogen-bond donors (Lipinski definition) is 0. The number of hydrogen-bond acceptors (Lipinski definition) is 0. The maximum absolute atomic E-state index is 4.49. The normalized spacial score (nSPS) is 13.3. The van der Waals surface area contributed by atoms with E-state index in [-0.39, 0.29) is 5.41 Å². The van der Waals surface area contributed by atoms with E-state index in [1.165, 1.54) is 68.1 Å². The Morgan fingerprint density at radius 1 is 0.731 bits per heavy atom. The van der Waals surface area contributed by atoms with Gasteiger partial charge < -0.3 is 0 Å². The summed E-state index contributed by atoms with van der Waals surface area (Å²) in [4.78, 5) is 0. The SMILES string of the molecule is C=C(CC(CCCC)(CCCCCC)c1ccccc1)c1ccccc1. The van der Waals surface area contributed by atoms with Crippen LogP contribution in [0, 0.1) is 0 Å². The van der Waals surface area contributed by atoms with Crippen molar-refractivity contribution < 1.29 is 0 Å². The monoisotopic (exact) mass is 348 g/mol. The lowest BCUT2D eigenvalue weighted by Gasteiger charge is -2.36. The highest BCUT2D eigenvalue weighted by Gasteiger charge is 2.31. The van der Waals surface area contributed by atoms with Crippen molar-refractivity contribution in [1.82, 2.24) is 0 Å². The molecule has 140 valence electrons. The van der Waals surface area contributed by atoms with E-state index in [0.29, 0.717) is 0 Å². The molecule has 0 radical (unpaired) electrons. The molecule has 0 saturated heterocycles. The van der Waals surface area contributed by atoms with Gasteiger partial charge >= 0.3 is 0 Å². The molecular weight excluding hydrogens is 312 g/mol. The molecule has 0 nitrogen and oxygen atoms in total. The molecule has 0 aliphatic carbocycles. The van der Waals surface area contributed by atoms with Crippen molar-refractivity contribution >= 4 is 5.57 Å². The maximum Gasteiger partial charge on any atom is -0.000665 e. The number of unbranched alkanes of at least 4 members (excludes halogenated alkanes) is 4. The molecule has 2 aromatic rings. The number of allylic oxidation sites excluding steroid dienone is 1. The van der Waals surface area contributed by atoms with Crippen LogP contribution < -0.4 is 0 Å². The summed E-state index contributed by atoms with van der Waals surface area (Å²) >= 11 is 0. The summed E-state index contributed by atoms with van der Waals surface area (Å²) < 4.78 is 0. The average molecular weight is 349 g/mol. The van der Waals surface area contributed by atoms with Gasteiger partial charge in [-0.2, -0.15) is 0 Å². The maximum atomic E-state index is 4.49. The Labute approximate surface area is 161 Å². The van der Waals surface area contributed by atoms with Gasteiger partial charge in [0.05, 0.1) is 0 Å². The minimum absolute atomic E-state index is 0.220. The molecule has 0 amide bonds. The third-order valence-corrected chi connectivity index (χ3v) is 5.64. The fourth-order valence-electron chi connectivity index (χ4n) is 4.07. The Morgan fingerprint density at radius 2 is 1.31 bits per heavy atom. The molecule has 0 aliphatic rings. The van der Waals surface area contributed by atoms with E-state index in [9.17, 15) is 0 Å². The van der Waals surface area contributed by atoms with E-state index in [1.807, 2.05) is 0 Å². The van der Waals surface area contributed by atoms with Gasteiger partial charge in [0.25, 0.3) is 0 Å². The summed E-state index contributed by atoms with van der Waals surface area (Å²) in [7, 11) is 0. The summed E-state index contributed by atoms with van der Waals surface area (Å²) in [5.41, 5.74) is 4.29. The summed E-state index contributed by atoms with van der Waals surface area (Å²) in [6.07, 6.45) is 11.4. The van der Waals surface area contributed by atoms with E-state index in [1.54, 1.807) is 0 Å². The molecule has 0 fully saturated rings. The van der Waals surface area contributed by atoms with Crippen molar-refractivity contribution in [2.24, 2.45) is 0 Å². The third kappa shape index (κ3) is 5.87. The van der Waals surface area contributed by atoms with E-state index >= 15 is 0 Å². The molecule has 0 saturated carbocycles. The van der Waals surface area contributed by atoms with Crippen molar-refractivity contribution in [2.45, 2.75) is 77.0 Å². The molecule has 0 heteroatoms. The molecular formula is C26H36. The van der Waals surface area contributed by atoms with Crippen LogP contribution in [0.4, 0.5) is 0 Å². The van der Waals surface area contributed by atoms with E-state index in [4.69, 9.17) is 0 Å². The van der Waals surface area contributed by atoms with Crippen LogP contribution >= 0.6 is 0 Å². The predicted octanol–water partition coefficient (Wildman–Crippen LogP) is 8.19. The van der Waals surface area contributed by atoms with E-state index in [0.717, 1.165) is 6.42 Å². The quantitative estimate of drug-likeness (QED) is 0.339. The highest BCUT2D eigenvalue weighted by Crippen LogP contribution is 2.42.